The van der Waals surface area contributed by atoms with E-state index in [4.69, 9.17) is 26.8 Å². The number of carboxylic acids is 1. The van der Waals surface area contributed by atoms with Gasteiger partial charge in [0.05, 0.1) is 10.7 Å². The fourth-order valence-corrected chi connectivity index (χ4v) is 3.22. The van der Waals surface area contributed by atoms with Crippen LogP contribution in [0.3, 0.4) is 0 Å². The fourth-order valence-electron chi connectivity index (χ4n) is 3.02. The molecule has 0 saturated carbocycles. The Morgan fingerprint density at radius 2 is 2.09 bits per heavy atom. The van der Waals surface area contributed by atoms with Crippen LogP contribution in [-0.4, -0.2) is 36.9 Å². The number of rotatable bonds is 3. The molecule has 2 aliphatic rings. The smallest absolute Gasteiger partial charge is 0.339 e. The molecule has 1 atom stereocenters. The number of nitrogen functional groups attached to an aromatic ring is 1. The minimum Gasteiger partial charge on any atom is -0.485 e. The van der Waals surface area contributed by atoms with Crippen LogP contribution in [0.25, 0.3) is 0 Å². The van der Waals surface area contributed by atoms with Crippen molar-refractivity contribution < 1.29 is 19.4 Å². The van der Waals surface area contributed by atoms with Gasteiger partial charge >= 0.3 is 5.97 Å². The number of nitrogens with one attached hydrogen (secondary N) is 1. The van der Waals surface area contributed by atoms with Crippen LogP contribution in [-0.2, 0) is 0 Å². The maximum atomic E-state index is 11.3. The lowest BCUT2D eigenvalue weighted by Crippen LogP contribution is -2.35. The molecular formula is C15H20Cl2N2O4. The Hall–Kier alpha value is -1.37. The van der Waals surface area contributed by atoms with E-state index in [2.05, 4.69) is 5.32 Å². The lowest BCUT2D eigenvalue weighted by Gasteiger charge is -2.32. The molecule has 0 amide bonds. The summed E-state index contributed by atoms with van der Waals surface area (Å²) in [6, 6.07) is 1.30. The van der Waals surface area contributed by atoms with E-state index in [9.17, 15) is 9.90 Å². The predicted molar refractivity (Wildman–Crippen MR) is 90.2 cm³/mol. The summed E-state index contributed by atoms with van der Waals surface area (Å²) in [6.07, 6.45) is 2.96. The Balaban J connectivity index is 0.00000192. The SMILES string of the molecule is Cl.Nc1c(Cl)cc(C(=O)O)c2c1OC(CC1CCNCC1)CO2. The number of benzene rings is 1. The van der Waals surface area contributed by atoms with Crippen LogP contribution >= 0.6 is 24.0 Å². The van der Waals surface area contributed by atoms with E-state index in [1.54, 1.807) is 0 Å². The quantitative estimate of drug-likeness (QED) is 0.715. The summed E-state index contributed by atoms with van der Waals surface area (Å²) in [6.45, 7) is 2.37. The summed E-state index contributed by atoms with van der Waals surface area (Å²) in [5.74, 6) is -0.0969. The molecule has 2 heterocycles. The van der Waals surface area contributed by atoms with Crippen LogP contribution in [0.2, 0.25) is 5.02 Å². The standard InChI is InChI=1S/C15H19ClN2O4.ClH/c16-11-6-10(15(19)20)13-14(12(11)17)22-9(7-21-13)5-8-1-3-18-4-2-8;/h6,8-9,18H,1-5,7,17H2,(H,19,20);1H. The van der Waals surface area contributed by atoms with E-state index in [-0.39, 0.29) is 46.3 Å². The van der Waals surface area contributed by atoms with Crippen molar-refractivity contribution >= 4 is 35.7 Å². The Morgan fingerprint density at radius 3 is 2.74 bits per heavy atom. The maximum Gasteiger partial charge on any atom is 0.339 e. The molecule has 8 heteroatoms. The number of hydrogen-bond donors (Lipinski definition) is 3. The lowest BCUT2D eigenvalue weighted by molar-refractivity contribution is 0.0602. The molecule has 1 unspecified atom stereocenters. The molecule has 128 valence electrons. The number of nitrogens with two attached hydrogens (primary N) is 1. The molecule has 0 spiro atoms. The minimum absolute atomic E-state index is 0. The first kappa shape index (κ1) is 18.0. The van der Waals surface area contributed by atoms with E-state index in [0.717, 1.165) is 32.4 Å². The topological polar surface area (TPSA) is 93.8 Å². The zero-order valence-electron chi connectivity index (χ0n) is 12.5. The van der Waals surface area contributed by atoms with E-state index in [1.807, 2.05) is 0 Å². The zero-order chi connectivity index (χ0) is 15.7. The molecule has 0 aromatic heterocycles. The van der Waals surface area contributed by atoms with Crippen molar-refractivity contribution in [3.63, 3.8) is 0 Å². The second kappa shape index (κ2) is 7.47. The summed E-state index contributed by atoms with van der Waals surface area (Å²) in [7, 11) is 0. The lowest BCUT2D eigenvalue weighted by atomic mass is 9.92. The van der Waals surface area contributed by atoms with Gasteiger partial charge in [-0.2, -0.15) is 0 Å². The monoisotopic (exact) mass is 362 g/mol. The molecule has 4 N–H and O–H groups in total. The van der Waals surface area contributed by atoms with Gasteiger partial charge in [-0.15, -0.1) is 12.4 Å². The van der Waals surface area contributed by atoms with Crippen LogP contribution < -0.4 is 20.5 Å². The van der Waals surface area contributed by atoms with Crippen molar-refractivity contribution in [2.75, 3.05) is 25.4 Å². The molecule has 2 aliphatic heterocycles. The second-order valence-corrected chi connectivity index (χ2v) is 6.17. The van der Waals surface area contributed by atoms with E-state index in [0.29, 0.717) is 12.5 Å². The van der Waals surface area contributed by atoms with Gasteiger partial charge in [0.25, 0.3) is 0 Å². The van der Waals surface area contributed by atoms with Crippen LogP contribution in [0.4, 0.5) is 5.69 Å². The normalized spacial score (nSPS) is 20.7. The van der Waals surface area contributed by atoms with Crippen LogP contribution in [0.5, 0.6) is 11.5 Å². The molecule has 0 radical (unpaired) electrons. The van der Waals surface area contributed by atoms with Gasteiger partial charge in [0.2, 0.25) is 0 Å². The average molecular weight is 363 g/mol. The highest BCUT2D eigenvalue weighted by atomic mass is 35.5. The molecule has 1 aromatic carbocycles. The maximum absolute atomic E-state index is 11.3. The molecule has 0 aliphatic carbocycles. The molecule has 1 saturated heterocycles. The number of anilines is 1. The molecule has 23 heavy (non-hydrogen) atoms. The van der Waals surface area contributed by atoms with Crippen molar-refractivity contribution in [3.05, 3.63) is 16.7 Å². The number of piperidine rings is 1. The van der Waals surface area contributed by atoms with E-state index in [1.165, 1.54) is 6.07 Å². The Bertz CT molecular complexity index is 591. The number of fused-ring (bicyclic) bond motifs is 1. The minimum atomic E-state index is -1.11. The van der Waals surface area contributed by atoms with E-state index < -0.39 is 5.97 Å². The van der Waals surface area contributed by atoms with Crippen molar-refractivity contribution in [3.8, 4) is 11.5 Å². The highest BCUT2D eigenvalue weighted by Crippen LogP contribution is 2.45. The molecular weight excluding hydrogens is 343 g/mol. The molecule has 1 aromatic rings. The van der Waals surface area contributed by atoms with Gasteiger partial charge in [0.1, 0.15) is 18.3 Å². The summed E-state index contributed by atoms with van der Waals surface area (Å²) >= 11 is 6.00. The van der Waals surface area contributed by atoms with Crippen molar-refractivity contribution in [2.45, 2.75) is 25.4 Å². The second-order valence-electron chi connectivity index (χ2n) is 5.76. The van der Waals surface area contributed by atoms with Gasteiger partial charge in [-0.05, 0) is 44.3 Å². The highest BCUT2D eigenvalue weighted by molar-refractivity contribution is 6.34. The third-order valence-corrected chi connectivity index (χ3v) is 4.52. The van der Waals surface area contributed by atoms with Crippen molar-refractivity contribution in [2.24, 2.45) is 5.92 Å². The third kappa shape index (κ3) is 3.76. The van der Waals surface area contributed by atoms with Crippen molar-refractivity contribution in [1.82, 2.24) is 5.32 Å². The van der Waals surface area contributed by atoms with Gasteiger partial charge < -0.3 is 25.6 Å². The highest BCUT2D eigenvalue weighted by Gasteiger charge is 2.31. The van der Waals surface area contributed by atoms with Gasteiger partial charge in [-0.25, -0.2) is 4.79 Å². The molecule has 0 bridgehead atoms. The summed E-state index contributed by atoms with van der Waals surface area (Å²) in [5.41, 5.74) is 6.14. The van der Waals surface area contributed by atoms with Gasteiger partial charge in [0.15, 0.2) is 11.5 Å². The number of carboxylic acid groups (broad SMARTS) is 1. The largest absolute Gasteiger partial charge is 0.485 e. The molecule has 1 fully saturated rings. The Kier molecular flexibility index (Phi) is 5.84. The predicted octanol–water partition coefficient (Wildman–Crippen LogP) is 2.57. The first-order valence-corrected chi connectivity index (χ1v) is 7.79. The number of halogens is 2. The molecule has 3 rings (SSSR count). The third-order valence-electron chi connectivity index (χ3n) is 4.21. The summed E-state index contributed by atoms with van der Waals surface area (Å²) in [5, 5.41) is 12.7. The zero-order valence-corrected chi connectivity index (χ0v) is 14.1. The summed E-state index contributed by atoms with van der Waals surface area (Å²) in [4.78, 5) is 11.3. The summed E-state index contributed by atoms with van der Waals surface area (Å²) < 4.78 is 11.6. The Morgan fingerprint density at radius 1 is 1.39 bits per heavy atom. The van der Waals surface area contributed by atoms with Crippen molar-refractivity contribution in [1.29, 1.82) is 0 Å². The number of hydrogen-bond acceptors (Lipinski definition) is 5. The van der Waals surface area contributed by atoms with Gasteiger partial charge in [0, 0.05) is 0 Å². The van der Waals surface area contributed by atoms with Crippen LogP contribution in [0, 0.1) is 5.92 Å². The molecule has 6 nitrogen and oxygen atoms in total. The van der Waals surface area contributed by atoms with Gasteiger partial charge in [-0.3, -0.25) is 0 Å². The fraction of sp³-hybridized carbons (Fsp3) is 0.533. The van der Waals surface area contributed by atoms with Gasteiger partial charge in [-0.1, -0.05) is 11.6 Å². The first-order valence-electron chi connectivity index (χ1n) is 7.41. The van der Waals surface area contributed by atoms with E-state index >= 15 is 0 Å². The van der Waals surface area contributed by atoms with Crippen LogP contribution in [0.1, 0.15) is 29.6 Å². The number of ether oxygens (including phenoxy) is 2. The number of carbonyl (C=O) groups is 1. The average Bonchev–Trinajstić information content (AvgIpc) is 2.52. The number of aromatic carboxylic acids is 1. The van der Waals surface area contributed by atoms with Crippen LogP contribution in [0.15, 0.2) is 6.07 Å². The Labute approximate surface area is 145 Å². The first-order chi connectivity index (χ1) is 10.6.